The molecule has 4 rings (SSSR count). The van der Waals surface area contributed by atoms with Crippen molar-refractivity contribution in [1.29, 1.82) is 0 Å². The van der Waals surface area contributed by atoms with Crippen LogP contribution in [0.4, 0.5) is 11.4 Å². The van der Waals surface area contributed by atoms with Crippen LogP contribution in [0.2, 0.25) is 0 Å². The van der Waals surface area contributed by atoms with Crippen LogP contribution in [-0.2, 0) is 4.79 Å². The van der Waals surface area contributed by atoms with Crippen LogP contribution < -0.4 is 16.0 Å². The molecule has 0 aliphatic rings. The second-order valence-corrected chi connectivity index (χ2v) is 7.39. The lowest BCUT2D eigenvalue weighted by Crippen LogP contribution is -2.32. The number of carbonyl (C=O) groups excluding carboxylic acids is 2. The van der Waals surface area contributed by atoms with Gasteiger partial charge in [-0.1, -0.05) is 66.7 Å². The van der Waals surface area contributed by atoms with Crippen LogP contribution >= 0.6 is 0 Å². The normalized spacial score (nSPS) is 11.4. The quantitative estimate of drug-likeness (QED) is 0.375. The lowest BCUT2D eigenvalue weighted by Gasteiger charge is -2.19. The van der Waals surface area contributed by atoms with Gasteiger partial charge in [0.1, 0.15) is 0 Å². The van der Waals surface area contributed by atoms with Crippen LogP contribution in [0.1, 0.15) is 27.7 Å². The largest absolute Gasteiger partial charge is 0.324 e. The van der Waals surface area contributed by atoms with Gasteiger partial charge in [-0.2, -0.15) is 0 Å². The molecule has 3 aromatic carbocycles. The number of carbonyl (C=O) groups is 2. The number of anilines is 2. The molecule has 1 heterocycles. The van der Waals surface area contributed by atoms with Gasteiger partial charge in [0.05, 0.1) is 29.5 Å². The van der Waals surface area contributed by atoms with Gasteiger partial charge in [-0.25, -0.2) is 0 Å². The Morgan fingerprint density at radius 3 is 2.12 bits per heavy atom. The van der Waals surface area contributed by atoms with Gasteiger partial charge in [0.15, 0.2) is 0 Å². The van der Waals surface area contributed by atoms with Crippen LogP contribution in [0.25, 0.3) is 0 Å². The molecule has 2 amide bonds. The highest BCUT2D eigenvalue weighted by atomic mass is 16.2. The lowest BCUT2D eigenvalue weighted by atomic mass is 10.0. The Hall–Kier alpha value is -4.29. The summed E-state index contributed by atoms with van der Waals surface area (Å²) in [6.07, 6.45) is 1.73. The highest BCUT2D eigenvalue weighted by molar-refractivity contribution is 6.10. The minimum Gasteiger partial charge on any atom is -0.324 e. The highest BCUT2D eigenvalue weighted by Gasteiger charge is 2.17. The predicted octanol–water partition coefficient (Wildman–Crippen LogP) is 4.65. The third-order valence-electron chi connectivity index (χ3n) is 5.06. The summed E-state index contributed by atoms with van der Waals surface area (Å²) in [6, 6.07) is 31.4. The molecule has 0 fully saturated rings. The van der Waals surface area contributed by atoms with Crippen LogP contribution in [0.3, 0.4) is 0 Å². The summed E-state index contributed by atoms with van der Waals surface area (Å²) >= 11 is 0. The molecule has 0 aliphatic carbocycles. The topological polar surface area (TPSA) is 83.1 Å². The first-order chi connectivity index (χ1) is 16.2. The Labute approximate surface area is 192 Å². The predicted molar refractivity (Wildman–Crippen MR) is 130 cm³/mol. The molecule has 3 N–H and O–H groups in total. The van der Waals surface area contributed by atoms with Crippen LogP contribution in [0.15, 0.2) is 109 Å². The molecule has 1 atom stereocenters. The molecule has 0 saturated heterocycles. The fourth-order valence-electron chi connectivity index (χ4n) is 3.48. The number of hydrogen-bond donors (Lipinski definition) is 3. The fourth-order valence-corrected chi connectivity index (χ4v) is 3.48. The minimum atomic E-state index is -0.291. The summed E-state index contributed by atoms with van der Waals surface area (Å²) in [6.45, 7) is 0.0464. The summed E-state index contributed by atoms with van der Waals surface area (Å²) in [4.78, 5) is 30.0. The van der Waals surface area contributed by atoms with E-state index in [1.54, 1.807) is 30.5 Å². The third kappa shape index (κ3) is 5.90. The number of para-hydroxylation sites is 2. The number of hydrogen-bond acceptors (Lipinski definition) is 4. The number of nitrogens with zero attached hydrogens (tertiary/aromatic N) is 1. The van der Waals surface area contributed by atoms with Gasteiger partial charge in [-0.3, -0.25) is 19.9 Å². The van der Waals surface area contributed by atoms with E-state index >= 15 is 0 Å². The van der Waals surface area contributed by atoms with E-state index < -0.39 is 0 Å². The maximum absolute atomic E-state index is 12.8. The van der Waals surface area contributed by atoms with Crippen molar-refractivity contribution in [3.05, 3.63) is 126 Å². The molecule has 1 aromatic heterocycles. The van der Waals surface area contributed by atoms with Crippen molar-refractivity contribution in [3.8, 4) is 0 Å². The molecule has 164 valence electrons. The van der Waals surface area contributed by atoms with Crippen molar-refractivity contribution < 1.29 is 9.59 Å². The first-order valence-electron chi connectivity index (χ1n) is 10.7. The van der Waals surface area contributed by atoms with Crippen molar-refractivity contribution in [1.82, 2.24) is 10.3 Å². The number of benzene rings is 3. The second kappa shape index (κ2) is 10.8. The first-order valence-corrected chi connectivity index (χ1v) is 10.7. The summed E-state index contributed by atoms with van der Waals surface area (Å²) in [5, 5.41) is 8.99. The number of nitrogens with one attached hydrogen (secondary N) is 3. The maximum atomic E-state index is 12.8. The zero-order chi connectivity index (χ0) is 22.9. The zero-order valence-corrected chi connectivity index (χ0v) is 17.9. The molecule has 4 aromatic rings. The van der Waals surface area contributed by atoms with E-state index in [0.29, 0.717) is 16.9 Å². The van der Waals surface area contributed by atoms with Crippen LogP contribution in [-0.4, -0.2) is 23.3 Å². The Kier molecular flexibility index (Phi) is 7.20. The molecule has 6 nitrogen and oxygen atoms in total. The molecule has 0 saturated carbocycles. The Balaban J connectivity index is 1.45. The van der Waals surface area contributed by atoms with Crippen molar-refractivity contribution >= 4 is 23.2 Å². The van der Waals surface area contributed by atoms with Gasteiger partial charge in [0.25, 0.3) is 5.91 Å². The Morgan fingerprint density at radius 1 is 0.727 bits per heavy atom. The fraction of sp³-hybridized carbons (Fsp3) is 0.0741. The van der Waals surface area contributed by atoms with Crippen molar-refractivity contribution in [2.45, 2.75) is 6.04 Å². The first kappa shape index (κ1) is 21.9. The number of amides is 2. The average molecular weight is 437 g/mol. The number of rotatable bonds is 8. The van der Waals surface area contributed by atoms with Crippen LogP contribution in [0, 0.1) is 0 Å². The standard InChI is InChI=1S/C27H24N4O2/c32-25(19-29-26(20-11-3-1-4-12-20)24-17-9-10-18-28-24)31-23-16-8-7-15-22(23)27(33)30-21-13-5-2-6-14-21/h1-18,26,29H,19H2,(H,30,33)(H,31,32). The number of pyridine rings is 1. The van der Waals surface area contributed by atoms with Gasteiger partial charge < -0.3 is 10.6 Å². The zero-order valence-electron chi connectivity index (χ0n) is 17.9. The van der Waals surface area contributed by atoms with Crippen molar-refractivity contribution in [3.63, 3.8) is 0 Å². The van der Waals surface area contributed by atoms with Gasteiger partial charge in [-0.05, 0) is 42.0 Å². The average Bonchev–Trinajstić information content (AvgIpc) is 2.86. The van der Waals surface area contributed by atoms with E-state index in [2.05, 4.69) is 20.9 Å². The van der Waals surface area contributed by atoms with E-state index in [1.807, 2.05) is 78.9 Å². The molecule has 33 heavy (non-hydrogen) atoms. The van der Waals surface area contributed by atoms with E-state index in [1.165, 1.54) is 0 Å². The van der Waals surface area contributed by atoms with Gasteiger partial charge in [-0.15, -0.1) is 0 Å². The Morgan fingerprint density at radius 2 is 1.39 bits per heavy atom. The van der Waals surface area contributed by atoms with E-state index in [0.717, 1.165) is 11.3 Å². The monoisotopic (exact) mass is 436 g/mol. The summed E-state index contributed by atoms with van der Waals surface area (Å²) in [5.74, 6) is -0.549. The molecule has 0 aliphatic heterocycles. The summed E-state index contributed by atoms with van der Waals surface area (Å²) in [7, 11) is 0. The van der Waals surface area contributed by atoms with E-state index in [9.17, 15) is 9.59 Å². The molecular formula is C27H24N4O2. The van der Waals surface area contributed by atoms with Gasteiger partial charge in [0, 0.05) is 11.9 Å². The molecule has 0 spiro atoms. The van der Waals surface area contributed by atoms with E-state index in [-0.39, 0.29) is 24.4 Å². The maximum Gasteiger partial charge on any atom is 0.257 e. The summed E-state index contributed by atoms with van der Waals surface area (Å²) in [5.41, 5.74) is 3.35. The lowest BCUT2D eigenvalue weighted by molar-refractivity contribution is -0.115. The van der Waals surface area contributed by atoms with Crippen molar-refractivity contribution in [2.75, 3.05) is 17.2 Å². The second-order valence-electron chi connectivity index (χ2n) is 7.39. The smallest absolute Gasteiger partial charge is 0.257 e. The minimum absolute atomic E-state index is 0.0464. The highest BCUT2D eigenvalue weighted by Crippen LogP contribution is 2.20. The number of aromatic nitrogens is 1. The Bertz CT molecular complexity index is 1160. The molecule has 0 radical (unpaired) electrons. The van der Waals surface area contributed by atoms with Crippen LogP contribution in [0.5, 0.6) is 0 Å². The van der Waals surface area contributed by atoms with Crippen molar-refractivity contribution in [2.24, 2.45) is 0 Å². The molecular weight excluding hydrogens is 412 g/mol. The molecule has 6 heteroatoms. The van der Waals surface area contributed by atoms with Gasteiger partial charge in [0.2, 0.25) is 5.91 Å². The molecule has 0 bridgehead atoms. The van der Waals surface area contributed by atoms with Gasteiger partial charge >= 0.3 is 0 Å². The SMILES string of the molecule is O=C(CNC(c1ccccc1)c1ccccn1)Nc1ccccc1C(=O)Nc1ccccc1. The van der Waals surface area contributed by atoms with E-state index in [4.69, 9.17) is 0 Å². The summed E-state index contributed by atoms with van der Waals surface area (Å²) < 4.78 is 0. The third-order valence-corrected chi connectivity index (χ3v) is 5.06. The molecule has 1 unspecified atom stereocenters.